The maximum Gasteiger partial charge on any atom is 0.226 e. The summed E-state index contributed by atoms with van der Waals surface area (Å²) in [5.41, 5.74) is 0. The van der Waals surface area contributed by atoms with Crippen LogP contribution in [0, 0.1) is 17.8 Å². The molecule has 0 N–H and O–H groups in total. The van der Waals surface area contributed by atoms with Gasteiger partial charge in [0.2, 0.25) is 5.91 Å². The number of nitrogens with zero attached hydrogens (tertiary/aromatic N) is 1. The fraction of sp³-hybridized carbons (Fsp3) is 0.632. The third-order valence-electron chi connectivity index (χ3n) is 5.74. The number of benzene rings is 1. The van der Waals surface area contributed by atoms with Crippen molar-refractivity contribution in [2.75, 3.05) is 19.7 Å². The molecule has 4 atom stereocenters. The van der Waals surface area contributed by atoms with Crippen LogP contribution in [-0.2, 0) is 4.79 Å². The van der Waals surface area contributed by atoms with Crippen LogP contribution in [-0.4, -0.2) is 36.6 Å². The summed E-state index contributed by atoms with van der Waals surface area (Å²) in [6.07, 6.45) is 4.87. The molecule has 124 valence electrons. The van der Waals surface area contributed by atoms with Crippen molar-refractivity contribution in [1.82, 2.24) is 4.90 Å². The van der Waals surface area contributed by atoms with E-state index in [1.165, 1.54) is 19.3 Å². The molecule has 0 saturated heterocycles. The molecule has 4 heteroatoms. The summed E-state index contributed by atoms with van der Waals surface area (Å²) in [6, 6.07) is 7.74. The highest BCUT2D eigenvalue weighted by Gasteiger charge is 2.44. The zero-order chi connectivity index (χ0) is 15.8. The van der Waals surface area contributed by atoms with E-state index in [2.05, 4.69) is 6.92 Å². The number of ether oxygens (including phenoxy) is 2. The molecule has 4 nitrogen and oxygen atoms in total. The highest BCUT2D eigenvalue weighted by atomic mass is 16.6. The lowest BCUT2D eigenvalue weighted by atomic mass is 9.87. The van der Waals surface area contributed by atoms with Gasteiger partial charge < -0.3 is 14.4 Å². The van der Waals surface area contributed by atoms with E-state index < -0.39 is 0 Å². The lowest BCUT2D eigenvalue weighted by Crippen LogP contribution is -2.46. The topological polar surface area (TPSA) is 38.8 Å². The Morgan fingerprint density at radius 2 is 2.04 bits per heavy atom. The molecule has 1 heterocycles. The normalized spacial score (nSPS) is 31.2. The lowest BCUT2D eigenvalue weighted by molar-refractivity contribution is -0.138. The van der Waals surface area contributed by atoms with Crippen molar-refractivity contribution in [3.05, 3.63) is 24.3 Å². The van der Waals surface area contributed by atoms with Crippen molar-refractivity contribution in [3.8, 4) is 11.5 Å². The summed E-state index contributed by atoms with van der Waals surface area (Å²) >= 11 is 0. The molecule has 0 radical (unpaired) electrons. The zero-order valence-electron chi connectivity index (χ0n) is 13.7. The van der Waals surface area contributed by atoms with Crippen molar-refractivity contribution in [1.29, 1.82) is 0 Å². The van der Waals surface area contributed by atoms with Gasteiger partial charge in [0.1, 0.15) is 6.61 Å². The smallest absolute Gasteiger partial charge is 0.226 e. The maximum absolute atomic E-state index is 12.9. The molecule has 4 rings (SSSR count). The predicted octanol–water partition coefficient (Wildman–Crippen LogP) is 3.11. The Labute approximate surface area is 137 Å². The fourth-order valence-electron chi connectivity index (χ4n) is 4.56. The fourth-order valence-corrected chi connectivity index (χ4v) is 4.56. The quantitative estimate of drug-likeness (QED) is 0.857. The Hall–Kier alpha value is -1.71. The van der Waals surface area contributed by atoms with Crippen LogP contribution in [0.1, 0.15) is 32.6 Å². The molecule has 2 fully saturated rings. The summed E-state index contributed by atoms with van der Waals surface area (Å²) in [4.78, 5) is 14.9. The first-order chi connectivity index (χ1) is 11.2. The van der Waals surface area contributed by atoms with Gasteiger partial charge in [-0.3, -0.25) is 4.79 Å². The monoisotopic (exact) mass is 315 g/mol. The van der Waals surface area contributed by atoms with Crippen LogP contribution in [0.25, 0.3) is 0 Å². The van der Waals surface area contributed by atoms with E-state index in [0.717, 1.165) is 30.4 Å². The van der Waals surface area contributed by atoms with Crippen LogP contribution in [0.4, 0.5) is 0 Å². The van der Waals surface area contributed by atoms with E-state index in [9.17, 15) is 4.79 Å². The van der Waals surface area contributed by atoms with Gasteiger partial charge in [-0.1, -0.05) is 18.6 Å². The second-order valence-electron chi connectivity index (χ2n) is 7.16. The Balaban J connectivity index is 1.40. The van der Waals surface area contributed by atoms with Gasteiger partial charge in [-0.15, -0.1) is 0 Å². The number of carbonyl (C=O) groups is 1. The van der Waals surface area contributed by atoms with Crippen molar-refractivity contribution in [3.63, 3.8) is 0 Å². The van der Waals surface area contributed by atoms with Crippen LogP contribution in [0.3, 0.4) is 0 Å². The Morgan fingerprint density at radius 1 is 1.22 bits per heavy atom. The third kappa shape index (κ3) is 2.79. The molecule has 2 saturated carbocycles. The molecule has 0 aromatic heterocycles. The third-order valence-corrected chi connectivity index (χ3v) is 5.74. The van der Waals surface area contributed by atoms with Gasteiger partial charge >= 0.3 is 0 Å². The minimum Gasteiger partial charge on any atom is -0.486 e. The van der Waals surface area contributed by atoms with Crippen molar-refractivity contribution in [2.45, 2.75) is 38.7 Å². The molecule has 1 aromatic rings. The average molecular weight is 315 g/mol. The number of carbonyl (C=O) groups excluding carboxylic acids is 1. The average Bonchev–Trinajstić information content (AvgIpc) is 3.22. The van der Waals surface area contributed by atoms with Gasteiger partial charge in [-0.05, 0) is 50.2 Å². The summed E-state index contributed by atoms with van der Waals surface area (Å²) < 4.78 is 11.8. The number of rotatable bonds is 4. The van der Waals surface area contributed by atoms with Crippen LogP contribution >= 0.6 is 0 Å². The van der Waals surface area contributed by atoms with Gasteiger partial charge in [0.15, 0.2) is 17.6 Å². The maximum atomic E-state index is 12.9. The first kappa shape index (κ1) is 14.9. The van der Waals surface area contributed by atoms with Crippen LogP contribution in [0.5, 0.6) is 11.5 Å². The van der Waals surface area contributed by atoms with E-state index in [0.29, 0.717) is 25.0 Å². The standard InChI is InChI=1S/C19H25NO3/c1-2-20(19(21)16-10-13-7-8-14(16)9-13)11-15-12-22-17-5-3-4-6-18(17)23-15/h3-6,13-16H,2,7-12H2,1H3. The second-order valence-corrected chi connectivity index (χ2v) is 7.16. The number of amides is 1. The Bertz CT molecular complexity index is 588. The number of para-hydroxylation sites is 2. The van der Waals surface area contributed by atoms with Gasteiger partial charge in [-0.2, -0.15) is 0 Å². The van der Waals surface area contributed by atoms with Crippen molar-refractivity contribution < 1.29 is 14.3 Å². The molecular formula is C19H25NO3. The molecule has 23 heavy (non-hydrogen) atoms. The molecule has 1 amide bonds. The van der Waals surface area contributed by atoms with Gasteiger partial charge in [0.25, 0.3) is 0 Å². The molecular weight excluding hydrogens is 290 g/mol. The molecule has 2 aliphatic carbocycles. The van der Waals surface area contributed by atoms with Crippen molar-refractivity contribution in [2.24, 2.45) is 17.8 Å². The number of hydrogen-bond donors (Lipinski definition) is 0. The largest absolute Gasteiger partial charge is 0.486 e. The predicted molar refractivity (Wildman–Crippen MR) is 87.5 cm³/mol. The van der Waals surface area contributed by atoms with Gasteiger partial charge in [-0.25, -0.2) is 0 Å². The highest BCUT2D eigenvalue weighted by molar-refractivity contribution is 5.79. The highest BCUT2D eigenvalue weighted by Crippen LogP contribution is 2.48. The molecule has 3 aliphatic rings. The van der Waals surface area contributed by atoms with Gasteiger partial charge in [0.05, 0.1) is 6.54 Å². The van der Waals surface area contributed by atoms with Crippen LogP contribution in [0.2, 0.25) is 0 Å². The molecule has 0 spiro atoms. The number of hydrogen-bond acceptors (Lipinski definition) is 3. The molecule has 1 aliphatic heterocycles. The first-order valence-electron chi connectivity index (χ1n) is 8.92. The summed E-state index contributed by atoms with van der Waals surface area (Å²) in [7, 11) is 0. The Kier molecular flexibility index (Phi) is 3.92. The van der Waals surface area contributed by atoms with E-state index in [-0.39, 0.29) is 12.0 Å². The summed E-state index contributed by atoms with van der Waals surface area (Å²) in [5, 5.41) is 0. The van der Waals surface area contributed by atoms with E-state index >= 15 is 0 Å². The molecule has 1 aromatic carbocycles. The van der Waals surface area contributed by atoms with Gasteiger partial charge in [0, 0.05) is 12.5 Å². The summed E-state index contributed by atoms with van der Waals surface area (Å²) in [5.74, 6) is 3.60. The Morgan fingerprint density at radius 3 is 2.74 bits per heavy atom. The van der Waals surface area contributed by atoms with E-state index in [4.69, 9.17) is 9.47 Å². The van der Waals surface area contributed by atoms with Crippen molar-refractivity contribution >= 4 is 5.91 Å². The van der Waals surface area contributed by atoms with E-state index in [1.807, 2.05) is 29.2 Å². The first-order valence-corrected chi connectivity index (χ1v) is 8.92. The minimum absolute atomic E-state index is 0.0765. The second kappa shape index (κ2) is 6.06. The van der Waals surface area contributed by atoms with Crippen LogP contribution in [0.15, 0.2) is 24.3 Å². The summed E-state index contributed by atoms with van der Waals surface area (Å²) in [6.45, 7) is 3.94. The lowest BCUT2D eigenvalue weighted by Gasteiger charge is -2.33. The SMILES string of the molecule is CCN(CC1COc2ccccc2O1)C(=O)C1CC2CCC1C2. The van der Waals surface area contributed by atoms with E-state index in [1.54, 1.807) is 0 Å². The molecule has 4 unspecified atom stereocenters. The number of likely N-dealkylation sites (N-methyl/N-ethyl adjacent to an activating group) is 1. The molecule has 2 bridgehead atoms. The zero-order valence-corrected chi connectivity index (χ0v) is 13.7. The minimum atomic E-state index is -0.0765. The van der Waals surface area contributed by atoms with Crippen LogP contribution < -0.4 is 9.47 Å². The number of fused-ring (bicyclic) bond motifs is 3.